The van der Waals surface area contributed by atoms with Crippen LogP contribution in [-0.2, 0) is 13.1 Å². The van der Waals surface area contributed by atoms with E-state index < -0.39 is 0 Å². The molecule has 4 heterocycles. The van der Waals surface area contributed by atoms with Crippen LogP contribution in [0, 0.1) is 0 Å². The molecular formula is C20H23N7O. The highest BCUT2D eigenvalue weighted by Gasteiger charge is 2.17. The smallest absolute Gasteiger partial charge is 0.266 e. The molecule has 4 rings (SSSR count). The average molecular weight is 377 g/mol. The Bertz CT molecular complexity index is 938. The van der Waals surface area contributed by atoms with Gasteiger partial charge in [-0.3, -0.25) is 19.6 Å². The minimum atomic E-state index is -0.0764. The molecule has 0 unspecified atom stereocenters. The Morgan fingerprint density at radius 3 is 2.39 bits per heavy atom. The fourth-order valence-corrected chi connectivity index (χ4v) is 3.30. The zero-order valence-corrected chi connectivity index (χ0v) is 15.7. The summed E-state index contributed by atoms with van der Waals surface area (Å²) in [6, 6.07) is 8.97. The molecule has 0 amide bonds. The van der Waals surface area contributed by atoms with Crippen LogP contribution in [0.5, 0.6) is 0 Å². The van der Waals surface area contributed by atoms with Crippen LogP contribution >= 0.6 is 0 Å². The second-order valence-corrected chi connectivity index (χ2v) is 6.80. The summed E-state index contributed by atoms with van der Waals surface area (Å²) in [5, 5.41) is 4.51. The van der Waals surface area contributed by atoms with Gasteiger partial charge >= 0.3 is 0 Å². The predicted molar refractivity (Wildman–Crippen MR) is 105 cm³/mol. The van der Waals surface area contributed by atoms with Gasteiger partial charge < -0.3 is 0 Å². The minimum Gasteiger partial charge on any atom is -0.299 e. The van der Waals surface area contributed by atoms with Crippen molar-refractivity contribution in [1.29, 1.82) is 0 Å². The molecule has 1 fully saturated rings. The summed E-state index contributed by atoms with van der Waals surface area (Å²) >= 11 is 0. The largest absolute Gasteiger partial charge is 0.299 e. The molecule has 1 saturated heterocycles. The Morgan fingerprint density at radius 2 is 1.64 bits per heavy atom. The van der Waals surface area contributed by atoms with E-state index in [2.05, 4.69) is 29.9 Å². The van der Waals surface area contributed by atoms with Crippen molar-refractivity contribution in [2.24, 2.45) is 0 Å². The molecule has 0 radical (unpaired) electrons. The highest BCUT2D eigenvalue weighted by atomic mass is 16.1. The van der Waals surface area contributed by atoms with E-state index in [0.29, 0.717) is 6.54 Å². The van der Waals surface area contributed by atoms with E-state index in [1.54, 1.807) is 41.6 Å². The molecule has 0 spiro atoms. The number of hydrogen-bond donors (Lipinski definition) is 0. The third kappa shape index (κ3) is 4.65. The molecule has 8 nitrogen and oxygen atoms in total. The van der Waals surface area contributed by atoms with Crippen molar-refractivity contribution in [3.8, 4) is 11.3 Å². The van der Waals surface area contributed by atoms with Gasteiger partial charge in [0.25, 0.3) is 5.56 Å². The topological polar surface area (TPSA) is 80.0 Å². The molecule has 0 saturated carbocycles. The summed E-state index contributed by atoms with van der Waals surface area (Å²) in [6.07, 6.45) is 7.04. The molecule has 0 bridgehead atoms. The summed E-state index contributed by atoms with van der Waals surface area (Å²) in [7, 11) is 0. The monoisotopic (exact) mass is 377 g/mol. The van der Waals surface area contributed by atoms with Gasteiger partial charge in [0.2, 0.25) is 0 Å². The molecule has 0 N–H and O–H groups in total. The van der Waals surface area contributed by atoms with E-state index in [9.17, 15) is 4.79 Å². The van der Waals surface area contributed by atoms with E-state index in [0.717, 1.165) is 56.4 Å². The van der Waals surface area contributed by atoms with Crippen LogP contribution in [0.15, 0.2) is 59.9 Å². The summed E-state index contributed by atoms with van der Waals surface area (Å²) in [5.74, 6) is 0.860. The van der Waals surface area contributed by atoms with E-state index in [-0.39, 0.29) is 5.56 Å². The highest BCUT2D eigenvalue weighted by molar-refractivity contribution is 5.56. The van der Waals surface area contributed by atoms with Gasteiger partial charge in [-0.1, -0.05) is 0 Å². The first-order chi connectivity index (χ1) is 13.8. The van der Waals surface area contributed by atoms with E-state index in [1.165, 1.54) is 0 Å². The number of rotatable bonds is 6. The van der Waals surface area contributed by atoms with Crippen LogP contribution in [0.1, 0.15) is 5.82 Å². The molecule has 3 aromatic rings. The third-order valence-corrected chi connectivity index (χ3v) is 4.90. The van der Waals surface area contributed by atoms with Crippen LogP contribution in [0.4, 0.5) is 0 Å². The third-order valence-electron chi connectivity index (χ3n) is 4.90. The van der Waals surface area contributed by atoms with Crippen molar-refractivity contribution < 1.29 is 0 Å². The van der Waals surface area contributed by atoms with Gasteiger partial charge in [-0.2, -0.15) is 5.10 Å². The number of nitrogens with zero attached hydrogens (tertiary/aromatic N) is 7. The molecule has 0 atom stereocenters. The van der Waals surface area contributed by atoms with Gasteiger partial charge in [-0.15, -0.1) is 0 Å². The van der Waals surface area contributed by atoms with Gasteiger partial charge in [-0.25, -0.2) is 14.6 Å². The second kappa shape index (κ2) is 8.81. The van der Waals surface area contributed by atoms with Crippen LogP contribution in [0.3, 0.4) is 0 Å². The molecule has 0 aliphatic carbocycles. The summed E-state index contributed by atoms with van der Waals surface area (Å²) < 4.78 is 1.55. The molecule has 3 aromatic heterocycles. The lowest BCUT2D eigenvalue weighted by molar-refractivity contribution is 0.120. The normalized spacial score (nSPS) is 15.6. The van der Waals surface area contributed by atoms with Crippen molar-refractivity contribution in [2.75, 3.05) is 32.7 Å². The Labute approximate surface area is 163 Å². The molecule has 144 valence electrons. The molecule has 1 aliphatic heterocycles. The van der Waals surface area contributed by atoms with Crippen LogP contribution in [0.2, 0.25) is 0 Å². The van der Waals surface area contributed by atoms with Crippen LogP contribution in [-0.4, -0.2) is 67.3 Å². The maximum absolute atomic E-state index is 12.2. The van der Waals surface area contributed by atoms with Gasteiger partial charge in [0.15, 0.2) is 0 Å². The average Bonchev–Trinajstić information content (AvgIpc) is 2.75. The zero-order chi connectivity index (χ0) is 19.2. The van der Waals surface area contributed by atoms with E-state index >= 15 is 0 Å². The van der Waals surface area contributed by atoms with Crippen molar-refractivity contribution in [3.05, 3.63) is 71.3 Å². The number of piperazine rings is 1. The number of hydrogen-bond acceptors (Lipinski definition) is 7. The zero-order valence-electron chi connectivity index (χ0n) is 15.7. The lowest BCUT2D eigenvalue weighted by Crippen LogP contribution is -2.47. The second-order valence-electron chi connectivity index (χ2n) is 6.80. The Kier molecular flexibility index (Phi) is 5.79. The van der Waals surface area contributed by atoms with E-state index in [1.807, 2.05) is 18.2 Å². The number of aromatic nitrogens is 5. The quantitative estimate of drug-likeness (QED) is 0.632. The first kappa shape index (κ1) is 18.4. The lowest BCUT2D eigenvalue weighted by atomic mass is 10.2. The Hall–Kier alpha value is -2.97. The van der Waals surface area contributed by atoms with Crippen molar-refractivity contribution in [1.82, 2.24) is 34.5 Å². The van der Waals surface area contributed by atoms with Crippen LogP contribution in [0.25, 0.3) is 11.3 Å². The molecular weight excluding hydrogens is 354 g/mol. The maximum atomic E-state index is 12.2. The van der Waals surface area contributed by atoms with Gasteiger partial charge in [0.1, 0.15) is 5.82 Å². The van der Waals surface area contributed by atoms with Crippen molar-refractivity contribution >= 4 is 0 Å². The first-order valence-corrected chi connectivity index (χ1v) is 9.47. The fourth-order valence-electron chi connectivity index (χ4n) is 3.30. The Balaban J connectivity index is 1.31. The summed E-state index contributed by atoms with van der Waals surface area (Å²) in [5.41, 5.74) is 1.60. The fraction of sp³-hybridized carbons (Fsp3) is 0.350. The minimum absolute atomic E-state index is 0.0764. The molecule has 8 heteroatoms. The predicted octanol–water partition coefficient (Wildman–Crippen LogP) is 0.913. The molecule has 0 aromatic carbocycles. The Morgan fingerprint density at radius 1 is 0.857 bits per heavy atom. The van der Waals surface area contributed by atoms with Crippen LogP contribution < -0.4 is 5.56 Å². The first-order valence-electron chi connectivity index (χ1n) is 9.47. The van der Waals surface area contributed by atoms with Gasteiger partial charge in [0, 0.05) is 69.1 Å². The summed E-state index contributed by atoms with van der Waals surface area (Å²) in [4.78, 5) is 29.6. The maximum Gasteiger partial charge on any atom is 0.266 e. The lowest BCUT2D eigenvalue weighted by Gasteiger charge is -2.34. The van der Waals surface area contributed by atoms with E-state index in [4.69, 9.17) is 0 Å². The standard InChI is InChI=1S/C20H23N7O/c28-20-5-4-18(17-3-1-6-21-15-17)24-27(20)14-13-25-9-11-26(12-10-25)16-19-22-7-2-8-23-19/h1-8,15H,9-14,16H2. The number of pyridine rings is 1. The van der Waals surface area contributed by atoms with Gasteiger partial charge in [0.05, 0.1) is 18.8 Å². The van der Waals surface area contributed by atoms with Gasteiger partial charge in [-0.05, 0) is 24.3 Å². The summed E-state index contributed by atoms with van der Waals surface area (Å²) in [6.45, 7) is 6.02. The van der Waals surface area contributed by atoms with Crippen molar-refractivity contribution in [3.63, 3.8) is 0 Å². The highest BCUT2D eigenvalue weighted by Crippen LogP contribution is 2.12. The molecule has 1 aliphatic rings. The molecule has 28 heavy (non-hydrogen) atoms. The SMILES string of the molecule is O=c1ccc(-c2cccnc2)nn1CCN1CCN(Cc2ncccn2)CC1. The van der Waals surface area contributed by atoms with Crippen molar-refractivity contribution in [2.45, 2.75) is 13.1 Å².